The minimum atomic E-state index is -3.53. The van der Waals surface area contributed by atoms with Crippen LogP contribution in [-0.4, -0.2) is 50.0 Å². The molecule has 0 saturated heterocycles. The van der Waals surface area contributed by atoms with Crippen LogP contribution in [-0.2, 0) is 26.2 Å². The number of anilines is 1. The summed E-state index contributed by atoms with van der Waals surface area (Å²) in [4.78, 5) is 28.6. The lowest BCUT2D eigenvalue weighted by atomic mass is 9.95. The van der Waals surface area contributed by atoms with Crippen molar-refractivity contribution in [3.63, 3.8) is 0 Å². The number of carbonyl (C=O) groups is 2. The normalized spacial score (nSPS) is 15.1. The summed E-state index contributed by atoms with van der Waals surface area (Å²) in [5.74, 6) is -0.342. The third-order valence-corrected chi connectivity index (χ3v) is 8.67. The van der Waals surface area contributed by atoms with Gasteiger partial charge in [-0.1, -0.05) is 73.7 Å². The molecule has 1 fully saturated rings. The summed E-state index contributed by atoms with van der Waals surface area (Å²) in [5.41, 5.74) is 2.37. The van der Waals surface area contributed by atoms with Crippen LogP contribution in [0.3, 0.4) is 0 Å². The molecule has 0 radical (unpaired) electrons. The topological polar surface area (TPSA) is 86.8 Å². The number of nitrogens with one attached hydrogen (secondary N) is 1. The van der Waals surface area contributed by atoms with E-state index in [0.29, 0.717) is 23.6 Å². The van der Waals surface area contributed by atoms with Crippen molar-refractivity contribution in [1.29, 1.82) is 0 Å². The molecule has 1 N–H and O–H groups in total. The molecule has 2 amide bonds. The van der Waals surface area contributed by atoms with Crippen LogP contribution in [0.4, 0.5) is 5.69 Å². The number of carbonyl (C=O) groups excluding carboxylic acids is 2. The summed E-state index contributed by atoms with van der Waals surface area (Å²) >= 11 is 6.42. The van der Waals surface area contributed by atoms with Gasteiger partial charge in [0.25, 0.3) is 0 Å². The van der Waals surface area contributed by atoms with Crippen molar-refractivity contribution in [2.45, 2.75) is 83.8 Å². The van der Waals surface area contributed by atoms with Gasteiger partial charge in [-0.05, 0) is 56.4 Å². The fourth-order valence-electron chi connectivity index (χ4n) is 4.99. The van der Waals surface area contributed by atoms with Gasteiger partial charge < -0.3 is 10.2 Å². The first-order valence-corrected chi connectivity index (χ1v) is 15.7. The van der Waals surface area contributed by atoms with E-state index in [4.69, 9.17) is 11.6 Å². The molecule has 0 aromatic heterocycles. The standard InChI is InChI=1S/C29H40ClN3O4S/c1-4-27(29(35)31-24-12-6-5-7-13-24)32(21-23-11-8-9-14-26(23)30)28(34)15-10-20-33(38(3,36)37)25-18-16-22(2)17-19-25/h8-9,11,14,16-19,24,27H,4-7,10,12-13,15,20-21H2,1-3H3,(H,31,35)/t27-/m0/s1. The summed E-state index contributed by atoms with van der Waals surface area (Å²) < 4.78 is 26.3. The van der Waals surface area contributed by atoms with Crippen LogP contribution in [0, 0.1) is 6.92 Å². The lowest BCUT2D eigenvalue weighted by Crippen LogP contribution is -2.51. The Morgan fingerprint density at radius 1 is 1.05 bits per heavy atom. The first kappa shape index (κ1) is 30.0. The van der Waals surface area contributed by atoms with E-state index in [2.05, 4.69) is 5.32 Å². The molecular formula is C29H40ClN3O4S. The zero-order valence-electron chi connectivity index (χ0n) is 22.7. The van der Waals surface area contributed by atoms with Crippen molar-refractivity contribution in [2.75, 3.05) is 17.1 Å². The van der Waals surface area contributed by atoms with Gasteiger partial charge in [-0.15, -0.1) is 0 Å². The molecular weight excluding hydrogens is 522 g/mol. The molecule has 1 aliphatic rings. The third-order valence-electron chi connectivity index (χ3n) is 7.11. The van der Waals surface area contributed by atoms with Crippen molar-refractivity contribution in [1.82, 2.24) is 10.2 Å². The highest BCUT2D eigenvalue weighted by Crippen LogP contribution is 2.23. The maximum Gasteiger partial charge on any atom is 0.243 e. The summed E-state index contributed by atoms with van der Waals surface area (Å²) in [6, 6.07) is 14.1. The van der Waals surface area contributed by atoms with E-state index in [1.807, 2.05) is 44.2 Å². The first-order chi connectivity index (χ1) is 18.1. The van der Waals surface area contributed by atoms with E-state index < -0.39 is 16.1 Å². The Bertz CT molecular complexity index is 1180. The highest BCUT2D eigenvalue weighted by Gasteiger charge is 2.30. The minimum Gasteiger partial charge on any atom is -0.352 e. The van der Waals surface area contributed by atoms with Crippen LogP contribution in [0.25, 0.3) is 0 Å². The van der Waals surface area contributed by atoms with Crippen molar-refractivity contribution >= 4 is 39.1 Å². The quantitative estimate of drug-likeness (QED) is 0.373. The van der Waals surface area contributed by atoms with Crippen LogP contribution in [0.15, 0.2) is 48.5 Å². The lowest BCUT2D eigenvalue weighted by molar-refractivity contribution is -0.141. The third kappa shape index (κ3) is 8.46. The van der Waals surface area contributed by atoms with Crippen LogP contribution < -0.4 is 9.62 Å². The predicted octanol–water partition coefficient (Wildman–Crippen LogP) is 5.45. The van der Waals surface area contributed by atoms with Gasteiger partial charge in [0.15, 0.2) is 0 Å². The fraction of sp³-hybridized carbons (Fsp3) is 0.517. The van der Waals surface area contributed by atoms with Gasteiger partial charge in [0.05, 0.1) is 11.9 Å². The van der Waals surface area contributed by atoms with Gasteiger partial charge in [-0.3, -0.25) is 13.9 Å². The second-order valence-corrected chi connectivity index (χ2v) is 12.5. The van der Waals surface area contributed by atoms with E-state index in [0.717, 1.165) is 36.8 Å². The smallest absolute Gasteiger partial charge is 0.243 e. The zero-order valence-corrected chi connectivity index (χ0v) is 24.2. The lowest BCUT2D eigenvalue weighted by Gasteiger charge is -2.33. The Kier molecular flexibility index (Phi) is 11.0. The number of aryl methyl sites for hydroxylation is 1. The molecule has 9 heteroatoms. The van der Waals surface area contributed by atoms with E-state index in [9.17, 15) is 18.0 Å². The number of hydrogen-bond acceptors (Lipinski definition) is 4. The number of rotatable bonds is 12. The molecule has 7 nitrogen and oxygen atoms in total. The molecule has 0 bridgehead atoms. The van der Waals surface area contributed by atoms with Crippen molar-refractivity contribution in [2.24, 2.45) is 0 Å². The molecule has 3 rings (SSSR count). The Labute approximate surface area is 232 Å². The highest BCUT2D eigenvalue weighted by atomic mass is 35.5. The average Bonchev–Trinajstić information content (AvgIpc) is 2.88. The molecule has 2 aromatic rings. The van der Waals surface area contributed by atoms with Gasteiger partial charge >= 0.3 is 0 Å². The first-order valence-electron chi connectivity index (χ1n) is 13.5. The summed E-state index contributed by atoms with van der Waals surface area (Å²) in [5, 5.41) is 3.71. The van der Waals surface area contributed by atoms with Crippen molar-refractivity contribution in [3.05, 3.63) is 64.7 Å². The molecule has 2 aromatic carbocycles. The van der Waals surface area contributed by atoms with Crippen LogP contribution in [0.1, 0.15) is 69.4 Å². The maximum atomic E-state index is 13.6. The predicted molar refractivity (Wildman–Crippen MR) is 154 cm³/mol. The molecule has 0 spiro atoms. The van der Waals surface area contributed by atoms with Crippen LogP contribution in [0.5, 0.6) is 0 Å². The van der Waals surface area contributed by atoms with E-state index in [1.54, 1.807) is 23.1 Å². The molecule has 0 aliphatic heterocycles. The van der Waals surface area contributed by atoms with Gasteiger partial charge in [0, 0.05) is 30.6 Å². The zero-order chi connectivity index (χ0) is 27.7. The minimum absolute atomic E-state index is 0.107. The van der Waals surface area contributed by atoms with Gasteiger partial charge in [0.2, 0.25) is 21.8 Å². The average molecular weight is 562 g/mol. The number of benzene rings is 2. The van der Waals surface area contributed by atoms with Crippen LogP contribution >= 0.6 is 11.6 Å². The largest absolute Gasteiger partial charge is 0.352 e. The second-order valence-electron chi connectivity index (χ2n) is 10.2. The Hall–Kier alpha value is -2.58. The van der Waals surface area contributed by atoms with Crippen molar-refractivity contribution < 1.29 is 18.0 Å². The molecule has 1 aliphatic carbocycles. The van der Waals surface area contributed by atoms with E-state index >= 15 is 0 Å². The Balaban J connectivity index is 1.76. The van der Waals surface area contributed by atoms with Gasteiger partial charge in [0.1, 0.15) is 6.04 Å². The Morgan fingerprint density at radius 3 is 2.32 bits per heavy atom. The van der Waals surface area contributed by atoms with Gasteiger partial charge in [-0.25, -0.2) is 8.42 Å². The Morgan fingerprint density at radius 2 is 1.71 bits per heavy atom. The molecule has 38 heavy (non-hydrogen) atoms. The molecule has 0 heterocycles. The second kappa shape index (κ2) is 14.0. The fourth-order valence-corrected chi connectivity index (χ4v) is 6.15. The summed E-state index contributed by atoms with van der Waals surface area (Å²) in [6.07, 6.45) is 7.36. The summed E-state index contributed by atoms with van der Waals surface area (Å²) in [7, 11) is -3.53. The maximum absolute atomic E-state index is 13.6. The molecule has 0 unspecified atom stereocenters. The molecule has 1 atom stereocenters. The number of hydrogen-bond donors (Lipinski definition) is 1. The molecule has 1 saturated carbocycles. The number of halogens is 1. The molecule has 208 valence electrons. The van der Waals surface area contributed by atoms with E-state index in [1.165, 1.54) is 17.0 Å². The van der Waals surface area contributed by atoms with Gasteiger partial charge in [-0.2, -0.15) is 0 Å². The number of amides is 2. The van der Waals surface area contributed by atoms with Crippen molar-refractivity contribution in [3.8, 4) is 0 Å². The van der Waals surface area contributed by atoms with E-state index in [-0.39, 0.29) is 37.4 Å². The summed E-state index contributed by atoms with van der Waals surface area (Å²) in [6.45, 7) is 4.22. The van der Waals surface area contributed by atoms with Crippen LogP contribution in [0.2, 0.25) is 5.02 Å². The number of sulfonamides is 1. The SMILES string of the molecule is CC[C@@H](C(=O)NC1CCCCC1)N(Cc1ccccc1Cl)C(=O)CCCN(c1ccc(C)cc1)S(C)(=O)=O. The monoisotopic (exact) mass is 561 g/mol. The highest BCUT2D eigenvalue weighted by molar-refractivity contribution is 7.92. The number of nitrogens with zero attached hydrogens (tertiary/aromatic N) is 2.